The van der Waals surface area contributed by atoms with Crippen molar-refractivity contribution in [3.63, 3.8) is 0 Å². The van der Waals surface area contributed by atoms with Gasteiger partial charge in [0.05, 0.1) is 0 Å². The van der Waals surface area contributed by atoms with Crippen molar-refractivity contribution in [2.45, 2.75) is 51.7 Å². The third kappa shape index (κ3) is 4.59. The standard InChI is InChI=1S/C16H25FN2/c1-13(2)18-11-16-5-3-4-10-19(16)12-14-6-8-15(17)9-7-14/h6-9,13,16,18H,3-5,10-12H2,1-2H3. The zero-order chi connectivity index (χ0) is 13.7. The van der Waals surface area contributed by atoms with E-state index in [0.717, 1.165) is 19.6 Å². The molecule has 1 heterocycles. The molecule has 1 atom stereocenters. The molecule has 0 aliphatic carbocycles. The maximum atomic E-state index is 12.9. The maximum absolute atomic E-state index is 12.9. The van der Waals surface area contributed by atoms with Gasteiger partial charge in [0.2, 0.25) is 0 Å². The van der Waals surface area contributed by atoms with E-state index in [2.05, 4.69) is 24.1 Å². The van der Waals surface area contributed by atoms with Gasteiger partial charge in [0, 0.05) is 25.2 Å². The molecule has 1 aromatic carbocycles. The number of nitrogens with one attached hydrogen (secondary N) is 1. The molecule has 2 rings (SSSR count). The quantitative estimate of drug-likeness (QED) is 0.878. The normalized spacial score (nSPS) is 20.9. The van der Waals surface area contributed by atoms with E-state index in [9.17, 15) is 4.39 Å². The summed E-state index contributed by atoms with van der Waals surface area (Å²) in [5.41, 5.74) is 1.21. The topological polar surface area (TPSA) is 15.3 Å². The highest BCUT2D eigenvalue weighted by Gasteiger charge is 2.22. The minimum atomic E-state index is -0.152. The van der Waals surface area contributed by atoms with Gasteiger partial charge in [-0.25, -0.2) is 4.39 Å². The number of nitrogens with zero attached hydrogens (tertiary/aromatic N) is 1. The van der Waals surface area contributed by atoms with Crippen LogP contribution in [-0.2, 0) is 6.54 Å². The zero-order valence-electron chi connectivity index (χ0n) is 12.0. The first-order valence-electron chi connectivity index (χ1n) is 7.37. The van der Waals surface area contributed by atoms with Crippen molar-refractivity contribution >= 4 is 0 Å². The third-order valence-corrected chi connectivity index (χ3v) is 3.81. The third-order valence-electron chi connectivity index (χ3n) is 3.81. The fraction of sp³-hybridized carbons (Fsp3) is 0.625. The van der Waals surface area contributed by atoms with Crippen molar-refractivity contribution in [1.82, 2.24) is 10.2 Å². The second-order valence-corrected chi connectivity index (χ2v) is 5.81. The predicted molar refractivity (Wildman–Crippen MR) is 77.6 cm³/mol. The van der Waals surface area contributed by atoms with E-state index in [1.54, 1.807) is 12.1 Å². The molecule has 1 N–H and O–H groups in total. The zero-order valence-corrected chi connectivity index (χ0v) is 12.0. The SMILES string of the molecule is CC(C)NCC1CCCCN1Cc1ccc(F)cc1. The molecule has 0 bridgehead atoms. The summed E-state index contributed by atoms with van der Waals surface area (Å²) in [4.78, 5) is 2.53. The van der Waals surface area contributed by atoms with Gasteiger partial charge in [-0.3, -0.25) is 4.90 Å². The molecule has 0 saturated carbocycles. The van der Waals surface area contributed by atoms with Gasteiger partial charge in [-0.15, -0.1) is 0 Å². The molecule has 0 radical (unpaired) electrons. The lowest BCUT2D eigenvalue weighted by Gasteiger charge is -2.36. The largest absolute Gasteiger partial charge is 0.313 e. The number of hydrogen-bond acceptors (Lipinski definition) is 2. The Bertz CT molecular complexity index is 375. The van der Waals surface area contributed by atoms with Gasteiger partial charge in [0.25, 0.3) is 0 Å². The summed E-state index contributed by atoms with van der Waals surface area (Å²) in [7, 11) is 0. The molecule has 1 aromatic rings. The van der Waals surface area contributed by atoms with Crippen molar-refractivity contribution < 1.29 is 4.39 Å². The molecular formula is C16H25FN2. The van der Waals surface area contributed by atoms with Gasteiger partial charge in [0.15, 0.2) is 0 Å². The molecular weight excluding hydrogens is 239 g/mol. The summed E-state index contributed by atoms with van der Waals surface area (Å²) >= 11 is 0. The molecule has 106 valence electrons. The first-order chi connectivity index (χ1) is 9.15. The number of halogens is 1. The Kier molecular flexibility index (Phi) is 5.34. The van der Waals surface area contributed by atoms with E-state index in [4.69, 9.17) is 0 Å². The lowest BCUT2D eigenvalue weighted by molar-refractivity contribution is 0.135. The van der Waals surface area contributed by atoms with Crippen molar-refractivity contribution in [2.75, 3.05) is 13.1 Å². The molecule has 1 saturated heterocycles. The summed E-state index contributed by atoms with van der Waals surface area (Å²) in [5.74, 6) is -0.152. The Morgan fingerprint density at radius 2 is 2.00 bits per heavy atom. The van der Waals surface area contributed by atoms with E-state index in [1.807, 2.05) is 12.1 Å². The van der Waals surface area contributed by atoms with Crippen molar-refractivity contribution in [1.29, 1.82) is 0 Å². The van der Waals surface area contributed by atoms with E-state index in [1.165, 1.54) is 24.8 Å². The first kappa shape index (κ1) is 14.5. The van der Waals surface area contributed by atoms with Crippen LogP contribution < -0.4 is 5.32 Å². The second-order valence-electron chi connectivity index (χ2n) is 5.81. The fourth-order valence-corrected chi connectivity index (χ4v) is 2.70. The van der Waals surface area contributed by atoms with Gasteiger partial charge in [-0.2, -0.15) is 0 Å². The summed E-state index contributed by atoms with van der Waals surface area (Å²) in [6.07, 6.45) is 3.87. The lowest BCUT2D eigenvalue weighted by Crippen LogP contribution is -2.46. The highest BCUT2D eigenvalue weighted by atomic mass is 19.1. The van der Waals surface area contributed by atoms with Crippen molar-refractivity contribution in [3.05, 3.63) is 35.6 Å². The Labute approximate surface area is 116 Å². The van der Waals surface area contributed by atoms with Gasteiger partial charge < -0.3 is 5.32 Å². The van der Waals surface area contributed by atoms with Crippen LogP contribution in [0.25, 0.3) is 0 Å². The molecule has 3 heteroatoms. The second kappa shape index (κ2) is 7.01. The molecule has 19 heavy (non-hydrogen) atoms. The summed E-state index contributed by atoms with van der Waals surface area (Å²) in [6, 6.07) is 8.06. The molecule has 0 amide bonds. The van der Waals surface area contributed by atoms with E-state index in [0.29, 0.717) is 12.1 Å². The van der Waals surface area contributed by atoms with E-state index in [-0.39, 0.29) is 5.82 Å². The smallest absolute Gasteiger partial charge is 0.123 e. The predicted octanol–water partition coefficient (Wildman–Crippen LogP) is 3.18. The summed E-state index contributed by atoms with van der Waals surface area (Å²) in [5, 5.41) is 3.54. The molecule has 1 unspecified atom stereocenters. The van der Waals surface area contributed by atoms with Gasteiger partial charge >= 0.3 is 0 Å². The first-order valence-corrected chi connectivity index (χ1v) is 7.37. The van der Waals surface area contributed by atoms with Crippen molar-refractivity contribution in [2.24, 2.45) is 0 Å². The summed E-state index contributed by atoms with van der Waals surface area (Å²) < 4.78 is 12.9. The van der Waals surface area contributed by atoms with Crippen LogP contribution in [0.1, 0.15) is 38.7 Å². The van der Waals surface area contributed by atoms with Gasteiger partial charge in [0.1, 0.15) is 5.82 Å². The molecule has 0 spiro atoms. The van der Waals surface area contributed by atoms with Crippen LogP contribution in [0.5, 0.6) is 0 Å². The molecule has 2 nitrogen and oxygen atoms in total. The Morgan fingerprint density at radius 1 is 1.26 bits per heavy atom. The molecule has 1 fully saturated rings. The minimum absolute atomic E-state index is 0.152. The van der Waals surface area contributed by atoms with Crippen LogP contribution in [0.3, 0.4) is 0 Å². The average molecular weight is 264 g/mol. The monoisotopic (exact) mass is 264 g/mol. The lowest BCUT2D eigenvalue weighted by atomic mass is 10.0. The number of piperidine rings is 1. The molecule has 1 aliphatic rings. The van der Waals surface area contributed by atoms with Crippen LogP contribution in [0.2, 0.25) is 0 Å². The van der Waals surface area contributed by atoms with E-state index >= 15 is 0 Å². The number of rotatable bonds is 5. The number of hydrogen-bond donors (Lipinski definition) is 1. The highest BCUT2D eigenvalue weighted by Crippen LogP contribution is 2.19. The Balaban J connectivity index is 1.93. The average Bonchev–Trinajstić information content (AvgIpc) is 2.40. The highest BCUT2D eigenvalue weighted by molar-refractivity contribution is 5.16. The maximum Gasteiger partial charge on any atom is 0.123 e. The Morgan fingerprint density at radius 3 is 2.68 bits per heavy atom. The molecule has 1 aliphatic heterocycles. The van der Waals surface area contributed by atoms with Gasteiger partial charge in [-0.05, 0) is 37.1 Å². The van der Waals surface area contributed by atoms with Crippen LogP contribution in [0.15, 0.2) is 24.3 Å². The van der Waals surface area contributed by atoms with Gasteiger partial charge in [-0.1, -0.05) is 32.4 Å². The van der Waals surface area contributed by atoms with Crippen LogP contribution in [0.4, 0.5) is 4.39 Å². The molecule has 0 aromatic heterocycles. The minimum Gasteiger partial charge on any atom is -0.313 e. The van der Waals surface area contributed by atoms with Crippen molar-refractivity contribution in [3.8, 4) is 0 Å². The number of likely N-dealkylation sites (tertiary alicyclic amines) is 1. The van der Waals surface area contributed by atoms with Crippen LogP contribution >= 0.6 is 0 Å². The fourth-order valence-electron chi connectivity index (χ4n) is 2.70. The number of benzene rings is 1. The van der Waals surface area contributed by atoms with E-state index < -0.39 is 0 Å². The van der Waals surface area contributed by atoms with Crippen LogP contribution in [0, 0.1) is 5.82 Å². The Hall–Kier alpha value is -0.930. The summed E-state index contributed by atoms with van der Waals surface area (Å²) in [6.45, 7) is 7.52. The van der Waals surface area contributed by atoms with Crippen LogP contribution in [-0.4, -0.2) is 30.1 Å².